The van der Waals surface area contributed by atoms with Crippen LogP contribution in [0.2, 0.25) is 0 Å². The van der Waals surface area contributed by atoms with Crippen molar-refractivity contribution in [2.45, 2.75) is 45.8 Å². The Kier molecular flexibility index (Phi) is 6.15. The number of hydrogen-bond donors (Lipinski definition) is 2. The zero-order chi connectivity index (χ0) is 10.2. The second-order valence-electron chi connectivity index (χ2n) is 4.05. The first-order valence-corrected chi connectivity index (χ1v) is 6.09. The van der Waals surface area contributed by atoms with E-state index in [1.165, 1.54) is 38.8 Å². The highest BCUT2D eigenvalue weighted by atomic mass is 15.4. The van der Waals surface area contributed by atoms with Crippen LogP contribution in [0.4, 0.5) is 0 Å². The van der Waals surface area contributed by atoms with Crippen molar-refractivity contribution < 1.29 is 0 Å². The Hall–Kier alpha value is -0.120. The summed E-state index contributed by atoms with van der Waals surface area (Å²) in [5.41, 5.74) is 0. The van der Waals surface area contributed by atoms with E-state index in [1.54, 1.807) is 0 Å². The van der Waals surface area contributed by atoms with Crippen molar-refractivity contribution in [3.63, 3.8) is 0 Å². The fourth-order valence-electron chi connectivity index (χ4n) is 1.84. The van der Waals surface area contributed by atoms with Gasteiger partial charge < -0.3 is 0 Å². The van der Waals surface area contributed by atoms with E-state index in [2.05, 4.69) is 29.4 Å². The smallest absolute Gasteiger partial charge is 0.114 e. The summed E-state index contributed by atoms with van der Waals surface area (Å²) in [6, 6.07) is 0. The van der Waals surface area contributed by atoms with E-state index in [-0.39, 0.29) is 0 Å². The Bertz CT molecular complexity index is 124. The Labute approximate surface area is 88.2 Å². The standard InChI is InChI=1S/C11H25N3/c1-3-5-9-14(10-6-4-2)11-12-7-8-13-11/h11-13H,3-10H2,1-2H3. The fraction of sp³-hybridized carbons (Fsp3) is 1.00. The zero-order valence-corrected chi connectivity index (χ0v) is 9.68. The van der Waals surface area contributed by atoms with Crippen LogP contribution in [0, 0.1) is 0 Å². The van der Waals surface area contributed by atoms with E-state index in [4.69, 9.17) is 0 Å². The monoisotopic (exact) mass is 199 g/mol. The average molecular weight is 199 g/mol. The van der Waals surface area contributed by atoms with Crippen LogP contribution >= 0.6 is 0 Å². The molecule has 1 aliphatic heterocycles. The normalized spacial score (nSPS) is 18.2. The van der Waals surface area contributed by atoms with E-state index in [0.717, 1.165) is 13.1 Å². The zero-order valence-electron chi connectivity index (χ0n) is 9.68. The van der Waals surface area contributed by atoms with Crippen LogP contribution in [0.1, 0.15) is 39.5 Å². The van der Waals surface area contributed by atoms with Gasteiger partial charge in [0.25, 0.3) is 0 Å². The van der Waals surface area contributed by atoms with Crippen LogP contribution in [0.25, 0.3) is 0 Å². The number of hydrogen-bond acceptors (Lipinski definition) is 3. The molecule has 1 saturated heterocycles. The Morgan fingerprint density at radius 2 is 1.50 bits per heavy atom. The maximum Gasteiger partial charge on any atom is 0.114 e. The van der Waals surface area contributed by atoms with Crippen molar-refractivity contribution in [3.8, 4) is 0 Å². The van der Waals surface area contributed by atoms with Crippen molar-refractivity contribution in [2.24, 2.45) is 0 Å². The molecule has 1 heterocycles. The van der Waals surface area contributed by atoms with Gasteiger partial charge in [-0.3, -0.25) is 15.5 Å². The van der Waals surface area contributed by atoms with Crippen molar-refractivity contribution in [3.05, 3.63) is 0 Å². The van der Waals surface area contributed by atoms with Gasteiger partial charge >= 0.3 is 0 Å². The summed E-state index contributed by atoms with van der Waals surface area (Å²) < 4.78 is 0. The summed E-state index contributed by atoms with van der Waals surface area (Å²) in [6.07, 6.45) is 5.63. The molecule has 0 unspecified atom stereocenters. The SMILES string of the molecule is CCCCN(CCCC)C1NCCN1. The van der Waals surface area contributed by atoms with E-state index < -0.39 is 0 Å². The summed E-state index contributed by atoms with van der Waals surface area (Å²) in [5, 5.41) is 6.98. The molecular weight excluding hydrogens is 174 g/mol. The number of nitrogens with one attached hydrogen (secondary N) is 2. The van der Waals surface area contributed by atoms with E-state index in [0.29, 0.717) is 6.29 Å². The predicted octanol–water partition coefficient (Wildman–Crippen LogP) is 1.36. The molecule has 84 valence electrons. The lowest BCUT2D eigenvalue weighted by Crippen LogP contribution is -2.49. The largest absolute Gasteiger partial charge is 0.288 e. The first-order chi connectivity index (χ1) is 6.88. The summed E-state index contributed by atoms with van der Waals surface area (Å²) >= 11 is 0. The van der Waals surface area contributed by atoms with Gasteiger partial charge in [0.05, 0.1) is 0 Å². The van der Waals surface area contributed by atoms with Crippen molar-refractivity contribution in [2.75, 3.05) is 26.2 Å². The first-order valence-electron chi connectivity index (χ1n) is 6.09. The molecule has 0 amide bonds. The molecule has 0 radical (unpaired) electrons. The summed E-state index contributed by atoms with van der Waals surface area (Å²) in [6.45, 7) is 9.18. The highest BCUT2D eigenvalue weighted by molar-refractivity contribution is 4.74. The molecule has 2 N–H and O–H groups in total. The second kappa shape index (κ2) is 7.21. The van der Waals surface area contributed by atoms with Gasteiger partial charge in [-0.05, 0) is 12.8 Å². The van der Waals surface area contributed by atoms with Gasteiger partial charge in [0.2, 0.25) is 0 Å². The van der Waals surface area contributed by atoms with Gasteiger partial charge in [-0.25, -0.2) is 0 Å². The molecule has 3 nitrogen and oxygen atoms in total. The quantitative estimate of drug-likeness (QED) is 0.648. The molecule has 0 atom stereocenters. The lowest BCUT2D eigenvalue weighted by Gasteiger charge is -2.28. The maximum atomic E-state index is 3.49. The molecule has 0 bridgehead atoms. The average Bonchev–Trinajstić information content (AvgIpc) is 2.71. The van der Waals surface area contributed by atoms with Crippen LogP contribution in [-0.2, 0) is 0 Å². The van der Waals surface area contributed by atoms with Crippen molar-refractivity contribution in [1.29, 1.82) is 0 Å². The molecule has 1 rings (SSSR count). The highest BCUT2D eigenvalue weighted by Gasteiger charge is 2.19. The van der Waals surface area contributed by atoms with Crippen LogP contribution in [0.3, 0.4) is 0 Å². The van der Waals surface area contributed by atoms with Gasteiger partial charge in [-0.15, -0.1) is 0 Å². The Morgan fingerprint density at radius 1 is 1.00 bits per heavy atom. The summed E-state index contributed by atoms with van der Waals surface area (Å²) in [4.78, 5) is 2.54. The lowest BCUT2D eigenvalue weighted by atomic mass is 10.2. The minimum absolute atomic E-state index is 0.438. The summed E-state index contributed by atoms with van der Waals surface area (Å²) in [5.74, 6) is 0. The van der Waals surface area contributed by atoms with Gasteiger partial charge in [0.1, 0.15) is 6.29 Å². The van der Waals surface area contributed by atoms with Gasteiger partial charge in [0.15, 0.2) is 0 Å². The van der Waals surface area contributed by atoms with Crippen molar-refractivity contribution >= 4 is 0 Å². The topological polar surface area (TPSA) is 27.3 Å². The van der Waals surface area contributed by atoms with E-state index in [1.807, 2.05) is 0 Å². The van der Waals surface area contributed by atoms with Crippen LogP contribution < -0.4 is 10.6 Å². The molecule has 0 saturated carbocycles. The molecule has 0 spiro atoms. The molecule has 14 heavy (non-hydrogen) atoms. The highest BCUT2D eigenvalue weighted by Crippen LogP contribution is 2.03. The Balaban J connectivity index is 2.26. The molecule has 0 aromatic heterocycles. The van der Waals surface area contributed by atoms with Crippen molar-refractivity contribution in [1.82, 2.24) is 15.5 Å². The third-order valence-electron chi connectivity index (χ3n) is 2.76. The van der Waals surface area contributed by atoms with Gasteiger partial charge in [-0.2, -0.15) is 0 Å². The van der Waals surface area contributed by atoms with Crippen LogP contribution in [-0.4, -0.2) is 37.4 Å². The Morgan fingerprint density at radius 3 is 1.93 bits per heavy atom. The number of nitrogens with zero attached hydrogens (tertiary/aromatic N) is 1. The van der Waals surface area contributed by atoms with Crippen LogP contribution in [0.15, 0.2) is 0 Å². The molecular formula is C11H25N3. The third-order valence-corrected chi connectivity index (χ3v) is 2.76. The van der Waals surface area contributed by atoms with Gasteiger partial charge in [0, 0.05) is 26.2 Å². The van der Waals surface area contributed by atoms with E-state index in [9.17, 15) is 0 Å². The number of rotatable bonds is 7. The van der Waals surface area contributed by atoms with Crippen LogP contribution in [0.5, 0.6) is 0 Å². The summed E-state index contributed by atoms with van der Waals surface area (Å²) in [7, 11) is 0. The second-order valence-corrected chi connectivity index (χ2v) is 4.05. The third kappa shape index (κ3) is 3.95. The maximum absolute atomic E-state index is 3.49. The fourth-order valence-corrected chi connectivity index (χ4v) is 1.84. The molecule has 0 aromatic rings. The molecule has 1 aliphatic rings. The van der Waals surface area contributed by atoms with E-state index >= 15 is 0 Å². The minimum Gasteiger partial charge on any atom is -0.288 e. The minimum atomic E-state index is 0.438. The molecule has 3 heteroatoms. The lowest BCUT2D eigenvalue weighted by molar-refractivity contribution is 0.159. The predicted molar refractivity (Wildman–Crippen MR) is 61.2 cm³/mol. The first kappa shape index (κ1) is 12.0. The van der Waals surface area contributed by atoms with Gasteiger partial charge in [-0.1, -0.05) is 26.7 Å². The molecule has 1 fully saturated rings. The molecule has 0 aromatic carbocycles. The number of unbranched alkanes of at least 4 members (excludes halogenated alkanes) is 2. The molecule has 0 aliphatic carbocycles.